The number of hydrogen-bond donors (Lipinski definition) is 4. The highest BCUT2D eigenvalue weighted by Crippen LogP contribution is 2.44. The molecule has 240 valence electrons. The van der Waals surface area contributed by atoms with Crippen LogP contribution in [-0.4, -0.2) is 61.9 Å². The summed E-state index contributed by atoms with van der Waals surface area (Å²) in [6, 6.07) is 14.1. The number of carbonyl (C=O) groups is 3. The number of carboxylic acid groups (broad SMARTS) is 2. The first-order valence-electron chi connectivity index (χ1n) is 15.0. The molecular weight excluding hydrogens is 576 g/mol. The molecule has 0 saturated carbocycles. The van der Waals surface area contributed by atoms with Crippen molar-refractivity contribution in [3.8, 4) is 11.1 Å². The number of alkyl carbamates (subject to hydrolysis) is 1. The molecule has 9 nitrogen and oxygen atoms in total. The van der Waals surface area contributed by atoms with Crippen LogP contribution in [0, 0.1) is 0 Å². The van der Waals surface area contributed by atoms with Crippen LogP contribution < -0.4 is 11.1 Å². The second-order valence-corrected chi connectivity index (χ2v) is 17.0. The Morgan fingerprint density at radius 3 is 1.98 bits per heavy atom. The van der Waals surface area contributed by atoms with E-state index in [1.807, 2.05) is 43.3 Å². The molecule has 2 atom stereocenters. The second kappa shape index (κ2) is 16.9. The van der Waals surface area contributed by atoms with Gasteiger partial charge in [-0.25, -0.2) is 9.59 Å². The van der Waals surface area contributed by atoms with Crippen molar-refractivity contribution in [3.63, 3.8) is 0 Å². The molecule has 0 bridgehead atoms. The van der Waals surface area contributed by atoms with E-state index in [1.54, 1.807) is 12.2 Å². The van der Waals surface area contributed by atoms with E-state index >= 15 is 0 Å². The van der Waals surface area contributed by atoms with Crippen LogP contribution in [0.2, 0.25) is 18.1 Å². The smallest absolute Gasteiger partial charge is 0.408 e. The molecule has 0 aromatic heterocycles. The molecule has 2 unspecified atom stereocenters. The van der Waals surface area contributed by atoms with E-state index in [0.29, 0.717) is 13.0 Å². The Bertz CT molecular complexity index is 1270. The Hall–Kier alpha value is -3.73. The summed E-state index contributed by atoms with van der Waals surface area (Å²) in [4.78, 5) is 33.9. The van der Waals surface area contributed by atoms with Gasteiger partial charge in [-0.3, -0.25) is 4.79 Å². The first-order chi connectivity index (χ1) is 20.7. The van der Waals surface area contributed by atoms with Crippen molar-refractivity contribution < 1.29 is 33.8 Å². The number of allylic oxidation sites excluding steroid dienone is 1. The van der Waals surface area contributed by atoms with Crippen molar-refractivity contribution in [2.75, 3.05) is 13.2 Å². The second-order valence-electron chi connectivity index (χ2n) is 12.2. The van der Waals surface area contributed by atoms with Gasteiger partial charge in [-0.2, -0.15) is 0 Å². The van der Waals surface area contributed by atoms with Crippen LogP contribution >= 0.6 is 0 Å². The number of rotatable bonds is 13. The summed E-state index contributed by atoms with van der Waals surface area (Å²) in [7, 11) is -1.69. The van der Waals surface area contributed by atoms with Gasteiger partial charge in [-0.15, -0.1) is 0 Å². The Kier molecular flexibility index (Phi) is 14.0. The fourth-order valence-electron chi connectivity index (χ4n) is 4.28. The molecule has 10 heteroatoms. The number of amides is 1. The highest BCUT2D eigenvalue weighted by Gasteiger charge is 2.36. The largest absolute Gasteiger partial charge is 0.480 e. The summed E-state index contributed by atoms with van der Waals surface area (Å²) in [5, 5.41) is 20.4. The number of carboxylic acids is 2. The lowest BCUT2D eigenvalue weighted by atomic mass is 9.98. The third-order valence-corrected chi connectivity index (χ3v) is 12.4. The van der Waals surface area contributed by atoms with Gasteiger partial charge in [-0.1, -0.05) is 107 Å². The lowest BCUT2D eigenvalue weighted by Gasteiger charge is -2.36. The number of unbranched alkanes of at least 4 members (excludes halogenated alkanes) is 1. The number of nitrogens with two attached hydrogens (primary N) is 1. The van der Waals surface area contributed by atoms with Gasteiger partial charge in [0.1, 0.15) is 18.7 Å². The van der Waals surface area contributed by atoms with Gasteiger partial charge in [0.2, 0.25) is 0 Å². The third kappa shape index (κ3) is 10.8. The molecule has 5 N–H and O–H groups in total. The minimum absolute atomic E-state index is 0.0536. The standard InChI is InChI=1S/C22H23NO4.C12H25NO3Si/c1-2-3-4-13-20(21(24)25)23-22(26)27-14-19-17-11-7-5-9-15(17)16-10-6-8-12-18(16)19;1-12(2,3)17(4,5)16-9-7-6-8-10(13)11(14)15/h4-13,19-20H,2-3,14H2,1H3,(H,23,26)(H,24,25);6,8,10H,7,9,13H2,1-5H3,(H,14,15)/b13-4+;8-6+. The highest BCUT2D eigenvalue weighted by atomic mass is 28.4. The topological polar surface area (TPSA) is 148 Å². The van der Waals surface area contributed by atoms with Gasteiger partial charge in [0.05, 0.1) is 0 Å². The molecule has 2 aromatic carbocycles. The minimum atomic E-state index is -1.69. The Balaban J connectivity index is 0.000000345. The van der Waals surface area contributed by atoms with E-state index in [2.05, 4.69) is 51.3 Å². The number of nitrogens with one attached hydrogen (secondary N) is 1. The zero-order valence-corrected chi connectivity index (χ0v) is 27.7. The van der Waals surface area contributed by atoms with E-state index in [9.17, 15) is 19.5 Å². The maximum Gasteiger partial charge on any atom is 0.408 e. The summed E-state index contributed by atoms with van der Waals surface area (Å²) < 4.78 is 11.3. The molecule has 0 heterocycles. The highest BCUT2D eigenvalue weighted by molar-refractivity contribution is 6.74. The number of ether oxygens (including phenoxy) is 1. The van der Waals surface area contributed by atoms with E-state index < -0.39 is 38.4 Å². The van der Waals surface area contributed by atoms with Crippen LogP contribution in [0.5, 0.6) is 0 Å². The Morgan fingerprint density at radius 1 is 0.932 bits per heavy atom. The predicted molar refractivity (Wildman–Crippen MR) is 176 cm³/mol. The SMILES string of the molecule is CC(C)(C)[Si](C)(C)OCC/C=C/C(N)C(=O)O.CCC/C=C/C(NC(=O)OCC1c2ccccc2-c2ccccc21)C(=O)O. The average Bonchev–Trinajstić information content (AvgIpc) is 3.28. The molecule has 0 spiro atoms. The predicted octanol–water partition coefficient (Wildman–Crippen LogP) is 6.70. The Labute approximate surface area is 262 Å². The first-order valence-corrected chi connectivity index (χ1v) is 17.9. The summed E-state index contributed by atoms with van der Waals surface area (Å²) >= 11 is 0. The van der Waals surface area contributed by atoms with Gasteiger partial charge < -0.3 is 30.4 Å². The lowest BCUT2D eigenvalue weighted by molar-refractivity contribution is -0.138. The molecule has 0 radical (unpaired) electrons. The van der Waals surface area contributed by atoms with Crippen LogP contribution in [0.25, 0.3) is 11.1 Å². The van der Waals surface area contributed by atoms with Crippen molar-refractivity contribution in [1.82, 2.24) is 5.32 Å². The van der Waals surface area contributed by atoms with Crippen LogP contribution in [0.1, 0.15) is 64.0 Å². The summed E-state index contributed by atoms with van der Waals surface area (Å²) in [5.41, 5.74) is 9.86. The van der Waals surface area contributed by atoms with Crippen LogP contribution in [0.15, 0.2) is 72.8 Å². The third-order valence-electron chi connectivity index (χ3n) is 7.85. The summed E-state index contributed by atoms with van der Waals surface area (Å²) in [5.74, 6) is -2.18. The number of fused-ring (bicyclic) bond motifs is 3. The van der Waals surface area contributed by atoms with Crippen molar-refractivity contribution in [3.05, 3.63) is 84.0 Å². The fourth-order valence-corrected chi connectivity index (χ4v) is 5.34. The normalized spacial score (nSPS) is 14.3. The molecule has 3 rings (SSSR count). The van der Waals surface area contributed by atoms with Gasteiger partial charge in [0.15, 0.2) is 8.32 Å². The molecular formula is C34H48N2O7Si. The zero-order chi connectivity index (χ0) is 32.9. The molecule has 0 fully saturated rings. The molecule has 0 aliphatic heterocycles. The average molecular weight is 625 g/mol. The number of aliphatic carboxylic acids is 2. The maximum atomic E-state index is 12.1. The number of benzene rings is 2. The van der Waals surface area contributed by atoms with Crippen LogP contribution in [0.3, 0.4) is 0 Å². The monoisotopic (exact) mass is 624 g/mol. The molecule has 44 heavy (non-hydrogen) atoms. The number of carbonyl (C=O) groups excluding carboxylic acids is 1. The quantitative estimate of drug-likeness (QED) is 0.109. The molecule has 1 amide bonds. The van der Waals surface area contributed by atoms with Crippen molar-refractivity contribution in [2.24, 2.45) is 5.73 Å². The Morgan fingerprint density at radius 2 is 1.48 bits per heavy atom. The van der Waals surface area contributed by atoms with Gasteiger partial charge in [0.25, 0.3) is 0 Å². The van der Waals surface area contributed by atoms with Gasteiger partial charge >= 0.3 is 18.0 Å². The first kappa shape index (κ1) is 36.5. The van der Waals surface area contributed by atoms with E-state index in [1.165, 1.54) is 12.2 Å². The van der Waals surface area contributed by atoms with Crippen molar-refractivity contribution >= 4 is 26.3 Å². The molecule has 0 saturated heterocycles. The fraction of sp³-hybridized carbons (Fsp3) is 0.441. The minimum Gasteiger partial charge on any atom is -0.480 e. The molecule has 1 aliphatic carbocycles. The molecule has 2 aromatic rings. The van der Waals surface area contributed by atoms with E-state index in [4.69, 9.17) is 20.0 Å². The lowest BCUT2D eigenvalue weighted by Crippen LogP contribution is -2.40. The van der Waals surface area contributed by atoms with E-state index in [0.717, 1.165) is 35.1 Å². The van der Waals surface area contributed by atoms with Crippen molar-refractivity contribution in [2.45, 2.75) is 83.1 Å². The number of hydrogen-bond acceptors (Lipinski definition) is 6. The van der Waals surface area contributed by atoms with Crippen LogP contribution in [-0.2, 0) is 18.8 Å². The van der Waals surface area contributed by atoms with Gasteiger partial charge in [-0.05, 0) is 53.2 Å². The maximum absolute atomic E-state index is 12.1. The van der Waals surface area contributed by atoms with Crippen LogP contribution in [0.4, 0.5) is 4.79 Å². The van der Waals surface area contributed by atoms with Gasteiger partial charge in [0, 0.05) is 12.5 Å². The summed E-state index contributed by atoms with van der Waals surface area (Å²) in [6.07, 6.45) is 8.14. The van der Waals surface area contributed by atoms with Crippen molar-refractivity contribution in [1.29, 1.82) is 0 Å². The zero-order valence-electron chi connectivity index (χ0n) is 26.7. The summed E-state index contributed by atoms with van der Waals surface area (Å²) in [6.45, 7) is 13.7. The molecule has 1 aliphatic rings. The van der Waals surface area contributed by atoms with E-state index in [-0.39, 0.29) is 17.6 Å².